The quantitative estimate of drug-likeness (QED) is 0.601. The highest BCUT2D eigenvalue weighted by atomic mass is 79.9. The summed E-state index contributed by atoms with van der Waals surface area (Å²) in [4.78, 5) is 14.7. The van der Waals surface area contributed by atoms with Crippen LogP contribution < -0.4 is 4.90 Å². The van der Waals surface area contributed by atoms with Crippen molar-refractivity contribution in [3.8, 4) is 0 Å². The SMILES string of the molecule is O=C1N(Cc2ccc(Br)cc2)c2ccc(Br)cc2C1(O)Cc1nn[nH]n1. The number of H-pyrrole nitrogens is 1. The summed E-state index contributed by atoms with van der Waals surface area (Å²) in [6.45, 7) is 0.356. The molecular weight excluding hydrogens is 466 g/mol. The molecule has 1 aliphatic heterocycles. The van der Waals surface area contributed by atoms with Crippen LogP contribution in [0.15, 0.2) is 51.4 Å². The van der Waals surface area contributed by atoms with Crippen LogP contribution in [0.3, 0.4) is 0 Å². The zero-order chi connectivity index (χ0) is 18.3. The summed E-state index contributed by atoms with van der Waals surface area (Å²) in [5, 5.41) is 24.9. The van der Waals surface area contributed by atoms with Gasteiger partial charge in [0.2, 0.25) is 0 Å². The van der Waals surface area contributed by atoms with Crippen molar-refractivity contribution >= 4 is 43.5 Å². The molecule has 7 nitrogen and oxygen atoms in total. The summed E-state index contributed by atoms with van der Waals surface area (Å²) >= 11 is 6.82. The number of hydrogen-bond acceptors (Lipinski definition) is 5. The minimum atomic E-state index is -1.74. The van der Waals surface area contributed by atoms with Crippen molar-refractivity contribution in [2.45, 2.75) is 18.6 Å². The van der Waals surface area contributed by atoms with Crippen LogP contribution >= 0.6 is 31.9 Å². The lowest BCUT2D eigenvalue weighted by atomic mass is 9.91. The van der Waals surface area contributed by atoms with Crippen molar-refractivity contribution in [3.63, 3.8) is 0 Å². The van der Waals surface area contributed by atoms with Gasteiger partial charge < -0.3 is 10.0 Å². The highest BCUT2D eigenvalue weighted by Crippen LogP contribution is 2.43. The standard InChI is InChI=1S/C17H13Br2N5O2/c18-11-3-1-10(2-4-11)9-24-14-6-5-12(19)7-13(14)17(26,16(24)25)8-15-20-22-23-21-15/h1-7,26H,8-9H2,(H,20,21,22,23). The minimum Gasteiger partial charge on any atom is -0.375 e. The van der Waals surface area contributed by atoms with Gasteiger partial charge in [0.25, 0.3) is 5.91 Å². The summed E-state index contributed by atoms with van der Waals surface area (Å²) in [6.07, 6.45) is -0.0530. The summed E-state index contributed by atoms with van der Waals surface area (Å²) in [5.41, 5.74) is 0.420. The molecular formula is C17H13Br2N5O2. The largest absolute Gasteiger partial charge is 0.375 e. The van der Waals surface area contributed by atoms with Crippen LogP contribution in [0.1, 0.15) is 17.0 Å². The number of fused-ring (bicyclic) bond motifs is 1. The van der Waals surface area contributed by atoms with Gasteiger partial charge in [-0.1, -0.05) is 49.2 Å². The van der Waals surface area contributed by atoms with Crippen molar-refractivity contribution in [1.29, 1.82) is 0 Å². The molecule has 0 radical (unpaired) electrons. The number of carbonyl (C=O) groups excluding carboxylic acids is 1. The number of hydrogen-bond donors (Lipinski definition) is 2. The van der Waals surface area contributed by atoms with Gasteiger partial charge in [0, 0.05) is 14.5 Å². The van der Waals surface area contributed by atoms with E-state index < -0.39 is 11.5 Å². The highest BCUT2D eigenvalue weighted by molar-refractivity contribution is 9.10. The van der Waals surface area contributed by atoms with Gasteiger partial charge in [0.1, 0.15) is 0 Å². The van der Waals surface area contributed by atoms with Gasteiger partial charge >= 0.3 is 0 Å². The van der Waals surface area contributed by atoms with Gasteiger partial charge in [0.15, 0.2) is 11.4 Å². The molecule has 9 heteroatoms. The Morgan fingerprint density at radius 3 is 2.54 bits per heavy atom. The normalized spacial score (nSPS) is 19.0. The van der Waals surface area contributed by atoms with Gasteiger partial charge in [-0.2, -0.15) is 5.21 Å². The van der Waals surface area contributed by atoms with Crippen molar-refractivity contribution in [2.75, 3.05) is 4.90 Å². The minimum absolute atomic E-state index is 0.0530. The molecule has 1 amide bonds. The third kappa shape index (κ3) is 2.95. The maximum atomic E-state index is 13.2. The highest BCUT2D eigenvalue weighted by Gasteiger charge is 2.50. The summed E-state index contributed by atoms with van der Waals surface area (Å²) in [5.74, 6) is -0.129. The summed E-state index contributed by atoms with van der Waals surface area (Å²) in [7, 11) is 0. The second kappa shape index (κ2) is 6.57. The molecule has 0 saturated heterocycles. The number of nitrogens with zero attached hydrogens (tertiary/aromatic N) is 4. The number of aromatic amines is 1. The zero-order valence-electron chi connectivity index (χ0n) is 13.4. The van der Waals surface area contributed by atoms with E-state index in [2.05, 4.69) is 52.5 Å². The van der Waals surface area contributed by atoms with E-state index in [1.165, 1.54) is 0 Å². The first-order valence-corrected chi connectivity index (χ1v) is 9.37. The van der Waals surface area contributed by atoms with Crippen LogP contribution in [0.2, 0.25) is 0 Å². The second-order valence-electron chi connectivity index (χ2n) is 6.04. The molecule has 2 N–H and O–H groups in total. The van der Waals surface area contributed by atoms with E-state index >= 15 is 0 Å². The Balaban J connectivity index is 1.75. The lowest BCUT2D eigenvalue weighted by Gasteiger charge is -2.22. The molecule has 2 heterocycles. The first kappa shape index (κ1) is 17.3. The number of tetrazole rings is 1. The Morgan fingerprint density at radius 2 is 1.85 bits per heavy atom. The Morgan fingerprint density at radius 1 is 1.12 bits per heavy atom. The Bertz CT molecular complexity index is 962. The second-order valence-corrected chi connectivity index (χ2v) is 7.88. The van der Waals surface area contributed by atoms with Gasteiger partial charge in [-0.25, -0.2) is 0 Å². The topological polar surface area (TPSA) is 95.0 Å². The molecule has 0 aliphatic carbocycles. The average Bonchev–Trinajstić information content (AvgIpc) is 3.19. The molecule has 1 unspecified atom stereocenters. The number of amides is 1. The van der Waals surface area contributed by atoms with Crippen LogP contribution in [-0.2, 0) is 23.4 Å². The Labute approximate surface area is 165 Å². The predicted octanol–water partition coefficient (Wildman–Crippen LogP) is 2.70. The molecule has 132 valence electrons. The van der Waals surface area contributed by atoms with Crippen molar-refractivity contribution in [2.24, 2.45) is 0 Å². The molecule has 2 aromatic carbocycles. The number of nitrogens with one attached hydrogen (secondary N) is 1. The Kier molecular flexibility index (Phi) is 4.37. The molecule has 26 heavy (non-hydrogen) atoms. The molecule has 1 atom stereocenters. The van der Waals surface area contributed by atoms with Gasteiger partial charge in [0.05, 0.1) is 18.7 Å². The first-order chi connectivity index (χ1) is 12.5. The summed E-state index contributed by atoms with van der Waals surface area (Å²) < 4.78 is 1.74. The van der Waals surface area contributed by atoms with E-state index in [1.54, 1.807) is 11.0 Å². The fourth-order valence-electron chi connectivity index (χ4n) is 3.11. The number of benzene rings is 2. The Hall–Kier alpha value is -2.10. The van der Waals surface area contributed by atoms with Crippen LogP contribution in [0, 0.1) is 0 Å². The monoisotopic (exact) mass is 477 g/mol. The average molecular weight is 479 g/mol. The van der Waals surface area contributed by atoms with Crippen LogP contribution in [0.4, 0.5) is 5.69 Å². The van der Waals surface area contributed by atoms with E-state index in [1.807, 2.05) is 36.4 Å². The maximum absolute atomic E-state index is 13.2. The van der Waals surface area contributed by atoms with E-state index in [-0.39, 0.29) is 12.2 Å². The zero-order valence-corrected chi connectivity index (χ0v) is 16.5. The lowest BCUT2D eigenvalue weighted by molar-refractivity contribution is -0.136. The van der Waals surface area contributed by atoms with Crippen molar-refractivity contribution in [3.05, 3.63) is 68.4 Å². The molecule has 0 spiro atoms. The van der Waals surface area contributed by atoms with E-state index in [0.29, 0.717) is 17.8 Å². The fourth-order valence-corrected chi connectivity index (χ4v) is 3.73. The van der Waals surface area contributed by atoms with Crippen molar-refractivity contribution < 1.29 is 9.90 Å². The van der Waals surface area contributed by atoms with Crippen LogP contribution in [0.5, 0.6) is 0 Å². The molecule has 0 fully saturated rings. The van der Waals surface area contributed by atoms with E-state index in [0.717, 1.165) is 14.5 Å². The molecule has 1 aliphatic rings. The summed E-state index contributed by atoms with van der Waals surface area (Å²) in [6, 6.07) is 13.1. The lowest BCUT2D eigenvalue weighted by Crippen LogP contribution is -2.41. The smallest absolute Gasteiger partial charge is 0.264 e. The molecule has 1 aromatic heterocycles. The molecule has 4 rings (SSSR count). The number of aromatic nitrogens is 4. The van der Waals surface area contributed by atoms with Gasteiger partial charge in [-0.15, -0.1) is 10.2 Å². The first-order valence-electron chi connectivity index (χ1n) is 7.78. The maximum Gasteiger partial charge on any atom is 0.264 e. The van der Waals surface area contributed by atoms with Crippen LogP contribution in [0.25, 0.3) is 0 Å². The number of halogens is 2. The predicted molar refractivity (Wildman–Crippen MR) is 101 cm³/mol. The molecule has 3 aromatic rings. The molecule has 0 saturated carbocycles. The number of rotatable bonds is 4. The van der Waals surface area contributed by atoms with E-state index in [9.17, 15) is 9.90 Å². The third-order valence-corrected chi connectivity index (χ3v) is 5.37. The third-order valence-electron chi connectivity index (χ3n) is 4.35. The van der Waals surface area contributed by atoms with Crippen LogP contribution in [-0.4, -0.2) is 31.6 Å². The van der Waals surface area contributed by atoms with Gasteiger partial charge in [-0.3, -0.25) is 4.79 Å². The van der Waals surface area contributed by atoms with E-state index in [4.69, 9.17) is 0 Å². The van der Waals surface area contributed by atoms with Crippen molar-refractivity contribution in [1.82, 2.24) is 20.6 Å². The van der Waals surface area contributed by atoms with Gasteiger partial charge in [-0.05, 0) is 35.9 Å². The number of carbonyl (C=O) groups is 1. The molecule has 0 bridgehead atoms. The fraction of sp³-hybridized carbons (Fsp3) is 0.176. The number of anilines is 1. The number of aliphatic hydroxyl groups is 1.